The van der Waals surface area contributed by atoms with Gasteiger partial charge in [-0.3, -0.25) is 4.79 Å². The summed E-state index contributed by atoms with van der Waals surface area (Å²) in [5, 5.41) is 6.32. The van der Waals surface area contributed by atoms with Gasteiger partial charge >= 0.3 is 6.61 Å². The number of nitrogens with zero attached hydrogens (tertiary/aromatic N) is 2. The predicted molar refractivity (Wildman–Crippen MR) is 103 cm³/mol. The van der Waals surface area contributed by atoms with Crippen molar-refractivity contribution in [3.05, 3.63) is 23.8 Å². The van der Waals surface area contributed by atoms with Gasteiger partial charge in [-0.05, 0) is 38.0 Å². The first-order valence-corrected chi connectivity index (χ1v) is 9.45. The van der Waals surface area contributed by atoms with Crippen LogP contribution in [-0.4, -0.2) is 56.7 Å². The molecule has 1 aromatic carbocycles. The van der Waals surface area contributed by atoms with E-state index in [1.165, 1.54) is 13.2 Å². The van der Waals surface area contributed by atoms with Crippen LogP contribution in [0.1, 0.15) is 31.7 Å². The largest absolute Gasteiger partial charge is 0.497 e. The first kappa shape index (κ1) is 21.7. The van der Waals surface area contributed by atoms with Gasteiger partial charge in [0.25, 0.3) is 0 Å². The topological polar surface area (TPSA) is 75.2 Å². The number of alkyl halides is 2. The summed E-state index contributed by atoms with van der Waals surface area (Å²) in [4.78, 5) is 17.9. The van der Waals surface area contributed by atoms with E-state index in [0.717, 1.165) is 19.4 Å². The summed E-state index contributed by atoms with van der Waals surface area (Å²) in [5.41, 5.74) is 0.500. The standard InChI is InChI=1S/C19H28F2N4O3/c1-3-22-19(23-9-5-11-25-10-4-6-17(25)26)24-13-14-12-15(27-2)7-8-16(14)28-18(20)21/h7-8,12,18H,3-6,9-11,13H2,1-2H3,(H2,22,23,24). The number of nitrogens with one attached hydrogen (secondary N) is 2. The first-order valence-electron chi connectivity index (χ1n) is 9.45. The third-order valence-electron chi connectivity index (χ3n) is 4.30. The molecule has 2 N–H and O–H groups in total. The normalized spacial score (nSPS) is 14.5. The number of rotatable bonds is 10. The zero-order valence-corrected chi connectivity index (χ0v) is 16.3. The number of carbonyl (C=O) groups is 1. The Bertz CT molecular complexity index is 671. The van der Waals surface area contributed by atoms with Crippen LogP contribution in [0.5, 0.6) is 11.5 Å². The summed E-state index contributed by atoms with van der Waals surface area (Å²) in [6, 6.07) is 4.64. The van der Waals surface area contributed by atoms with Crippen molar-refractivity contribution in [2.75, 3.05) is 33.3 Å². The summed E-state index contributed by atoms with van der Waals surface area (Å²) < 4.78 is 35.0. The minimum absolute atomic E-state index is 0.0722. The second kappa shape index (κ2) is 11.3. The minimum Gasteiger partial charge on any atom is -0.497 e. The highest BCUT2D eigenvalue weighted by molar-refractivity contribution is 5.80. The van der Waals surface area contributed by atoms with Crippen LogP contribution in [0.2, 0.25) is 0 Å². The molecule has 0 saturated carbocycles. The average molecular weight is 398 g/mol. The van der Waals surface area contributed by atoms with E-state index in [1.54, 1.807) is 12.1 Å². The summed E-state index contributed by atoms with van der Waals surface area (Å²) in [6.07, 6.45) is 2.37. The number of aliphatic imine (C=N–C) groups is 1. The first-order chi connectivity index (χ1) is 13.5. The summed E-state index contributed by atoms with van der Waals surface area (Å²) in [5.74, 6) is 1.40. The molecule has 1 aliphatic rings. The second-order valence-electron chi connectivity index (χ2n) is 6.31. The van der Waals surface area contributed by atoms with Crippen molar-refractivity contribution >= 4 is 11.9 Å². The molecule has 1 aliphatic heterocycles. The van der Waals surface area contributed by atoms with Crippen LogP contribution in [0.3, 0.4) is 0 Å². The van der Waals surface area contributed by atoms with Crippen molar-refractivity contribution in [3.63, 3.8) is 0 Å². The minimum atomic E-state index is -2.91. The summed E-state index contributed by atoms with van der Waals surface area (Å²) in [6.45, 7) is 2.04. The average Bonchev–Trinajstić information content (AvgIpc) is 3.08. The zero-order chi connectivity index (χ0) is 20.4. The second-order valence-corrected chi connectivity index (χ2v) is 6.31. The van der Waals surface area contributed by atoms with E-state index in [-0.39, 0.29) is 18.2 Å². The van der Waals surface area contributed by atoms with Gasteiger partial charge in [0, 0.05) is 38.2 Å². The van der Waals surface area contributed by atoms with E-state index in [4.69, 9.17) is 4.74 Å². The molecule has 9 heteroatoms. The monoisotopic (exact) mass is 398 g/mol. The molecule has 0 aliphatic carbocycles. The van der Waals surface area contributed by atoms with E-state index >= 15 is 0 Å². The Labute approximate surface area is 164 Å². The maximum Gasteiger partial charge on any atom is 0.387 e. The maximum absolute atomic E-state index is 12.6. The number of hydrogen-bond donors (Lipinski definition) is 2. The van der Waals surface area contributed by atoms with Gasteiger partial charge in [0.2, 0.25) is 5.91 Å². The van der Waals surface area contributed by atoms with E-state index in [2.05, 4.69) is 20.4 Å². The van der Waals surface area contributed by atoms with Crippen LogP contribution in [0.4, 0.5) is 8.78 Å². The number of amides is 1. The van der Waals surface area contributed by atoms with E-state index in [0.29, 0.717) is 43.3 Å². The molecule has 1 heterocycles. The van der Waals surface area contributed by atoms with Crippen molar-refractivity contribution in [3.8, 4) is 11.5 Å². The van der Waals surface area contributed by atoms with Crippen LogP contribution in [0.15, 0.2) is 23.2 Å². The van der Waals surface area contributed by atoms with E-state index in [1.807, 2.05) is 11.8 Å². The van der Waals surface area contributed by atoms with Gasteiger partial charge in [0.1, 0.15) is 11.5 Å². The summed E-state index contributed by atoms with van der Waals surface area (Å²) >= 11 is 0. The third-order valence-corrected chi connectivity index (χ3v) is 4.30. The van der Waals surface area contributed by atoms with Gasteiger partial charge in [-0.25, -0.2) is 4.99 Å². The highest BCUT2D eigenvalue weighted by atomic mass is 19.3. The fourth-order valence-electron chi connectivity index (χ4n) is 2.94. The number of ether oxygens (including phenoxy) is 2. The van der Waals surface area contributed by atoms with Crippen molar-refractivity contribution in [1.29, 1.82) is 0 Å². The van der Waals surface area contributed by atoms with Crippen molar-refractivity contribution in [2.45, 2.75) is 39.3 Å². The highest BCUT2D eigenvalue weighted by Gasteiger charge is 2.19. The SMILES string of the molecule is CCNC(=NCc1cc(OC)ccc1OC(F)F)NCCCN1CCCC1=O. The molecular formula is C19H28F2N4O3. The summed E-state index contributed by atoms with van der Waals surface area (Å²) in [7, 11) is 1.51. The third kappa shape index (κ3) is 6.86. The molecule has 0 atom stereocenters. The Morgan fingerprint density at radius 1 is 1.36 bits per heavy atom. The number of methoxy groups -OCH3 is 1. The number of halogens is 2. The van der Waals surface area contributed by atoms with Crippen molar-refractivity contribution in [2.24, 2.45) is 4.99 Å². The fraction of sp³-hybridized carbons (Fsp3) is 0.579. The van der Waals surface area contributed by atoms with Gasteiger partial charge in [-0.1, -0.05) is 0 Å². The lowest BCUT2D eigenvalue weighted by Crippen LogP contribution is -2.39. The molecule has 0 bridgehead atoms. The Morgan fingerprint density at radius 2 is 2.18 bits per heavy atom. The van der Waals surface area contributed by atoms with Crippen molar-refractivity contribution in [1.82, 2.24) is 15.5 Å². The zero-order valence-electron chi connectivity index (χ0n) is 16.3. The van der Waals surface area contributed by atoms with Gasteiger partial charge in [0.15, 0.2) is 5.96 Å². The molecule has 0 aromatic heterocycles. The van der Waals surface area contributed by atoms with Gasteiger partial charge in [0.05, 0.1) is 13.7 Å². The lowest BCUT2D eigenvalue weighted by atomic mass is 10.2. The molecule has 156 valence electrons. The molecule has 0 spiro atoms. The highest BCUT2D eigenvalue weighted by Crippen LogP contribution is 2.26. The quantitative estimate of drug-likeness (QED) is 0.360. The number of benzene rings is 1. The molecule has 0 unspecified atom stereocenters. The van der Waals surface area contributed by atoms with Crippen LogP contribution in [0.25, 0.3) is 0 Å². The molecular weight excluding hydrogens is 370 g/mol. The fourth-order valence-corrected chi connectivity index (χ4v) is 2.94. The Morgan fingerprint density at radius 3 is 2.82 bits per heavy atom. The number of guanidine groups is 1. The number of hydrogen-bond acceptors (Lipinski definition) is 4. The lowest BCUT2D eigenvalue weighted by Gasteiger charge is -2.16. The molecule has 0 radical (unpaired) electrons. The van der Waals surface area contributed by atoms with Crippen LogP contribution < -0.4 is 20.1 Å². The van der Waals surface area contributed by atoms with Crippen molar-refractivity contribution < 1.29 is 23.0 Å². The number of likely N-dealkylation sites (tertiary alicyclic amines) is 1. The Balaban J connectivity index is 1.94. The molecule has 2 rings (SSSR count). The Hall–Kier alpha value is -2.58. The molecule has 7 nitrogen and oxygen atoms in total. The predicted octanol–water partition coefficient (Wildman–Crippen LogP) is 2.36. The molecule has 1 saturated heterocycles. The van der Waals surface area contributed by atoms with Gasteiger partial charge in [-0.2, -0.15) is 8.78 Å². The van der Waals surface area contributed by atoms with E-state index < -0.39 is 6.61 Å². The molecule has 1 amide bonds. The molecule has 1 fully saturated rings. The Kier molecular flexibility index (Phi) is 8.77. The number of carbonyl (C=O) groups excluding carboxylic acids is 1. The van der Waals surface area contributed by atoms with Crippen LogP contribution in [0, 0.1) is 0 Å². The van der Waals surface area contributed by atoms with Crippen LogP contribution >= 0.6 is 0 Å². The smallest absolute Gasteiger partial charge is 0.387 e. The van der Waals surface area contributed by atoms with Gasteiger partial charge < -0.3 is 25.0 Å². The molecule has 28 heavy (non-hydrogen) atoms. The van der Waals surface area contributed by atoms with Gasteiger partial charge in [-0.15, -0.1) is 0 Å². The van der Waals surface area contributed by atoms with E-state index in [9.17, 15) is 13.6 Å². The van der Waals surface area contributed by atoms with Crippen LogP contribution in [-0.2, 0) is 11.3 Å². The molecule has 1 aromatic rings. The maximum atomic E-state index is 12.6. The lowest BCUT2D eigenvalue weighted by molar-refractivity contribution is -0.127.